The van der Waals surface area contributed by atoms with Crippen LogP contribution in [0.4, 0.5) is 0 Å². The molecule has 15 atom stereocenters. The molecule has 2 amide bonds. The number of carbonyl (C=O) groups excluding carboxylic acids is 2. The van der Waals surface area contributed by atoms with E-state index in [-0.39, 0.29) is 12.8 Å². The summed E-state index contributed by atoms with van der Waals surface area (Å²) in [5.74, 6) is -0.560. The molecule has 2 fully saturated rings. The van der Waals surface area contributed by atoms with Crippen LogP contribution in [0.15, 0.2) is 0 Å². The number of amides is 2. The molecule has 17 heteroatoms. The zero-order chi connectivity index (χ0) is 55.2. The van der Waals surface area contributed by atoms with Crippen LogP contribution >= 0.6 is 0 Å². The third-order valence-electron chi connectivity index (χ3n) is 15.7. The quantitative estimate of drug-likeness (QED) is 0.0267. The molecule has 17 nitrogen and oxygen atoms in total. The first-order valence-corrected chi connectivity index (χ1v) is 30.3. The largest absolute Gasteiger partial charge is 0.394 e. The maximum Gasteiger partial charge on any atom is 0.249 e. The molecule has 2 saturated heterocycles. The molecule has 0 saturated carbocycles. The predicted octanol–water partition coefficient (Wildman–Crippen LogP) is 7.28. The number of hydrogen-bond acceptors (Lipinski definition) is 15. The topological polar surface area (TPSA) is 277 Å². The van der Waals surface area contributed by atoms with E-state index in [4.69, 9.17) is 18.9 Å². The number of unbranched alkanes of at least 4 members (excludes halogenated alkanes) is 28. The summed E-state index contributed by atoms with van der Waals surface area (Å²) in [5.41, 5.74) is 0. The third kappa shape index (κ3) is 29.5. The van der Waals surface area contributed by atoms with Crippen LogP contribution in [-0.4, -0.2) is 163 Å². The number of hydrogen-bond donors (Lipinski definition) is 11. The van der Waals surface area contributed by atoms with Gasteiger partial charge in [-0.15, -0.1) is 0 Å². The Morgan fingerprint density at radius 1 is 0.533 bits per heavy atom. The number of nitrogens with one attached hydrogen (secondary N) is 2. The summed E-state index contributed by atoms with van der Waals surface area (Å²) in [7, 11) is 0. The summed E-state index contributed by atoms with van der Waals surface area (Å²) in [5, 5.41) is 102. The van der Waals surface area contributed by atoms with Crippen molar-refractivity contribution in [3.05, 3.63) is 0 Å². The number of ether oxygens (including phenoxy) is 4. The van der Waals surface area contributed by atoms with Crippen molar-refractivity contribution in [3.8, 4) is 0 Å². The fourth-order valence-corrected chi connectivity index (χ4v) is 10.4. The highest BCUT2D eigenvalue weighted by Crippen LogP contribution is 2.30. The Labute approximate surface area is 453 Å². The molecular formula is C58H112N2O15. The molecule has 75 heavy (non-hydrogen) atoms. The average Bonchev–Trinajstić information content (AvgIpc) is 3.40. The normalized spacial score (nSPS) is 26.1. The molecule has 2 aliphatic rings. The van der Waals surface area contributed by atoms with Crippen LogP contribution in [0.25, 0.3) is 0 Å². The predicted molar refractivity (Wildman–Crippen MR) is 291 cm³/mol. The Morgan fingerprint density at radius 2 is 0.960 bits per heavy atom. The molecule has 15 unspecified atom stereocenters. The van der Waals surface area contributed by atoms with Crippen molar-refractivity contribution < 1.29 is 74.5 Å². The molecule has 0 spiro atoms. The van der Waals surface area contributed by atoms with Crippen LogP contribution < -0.4 is 10.6 Å². The lowest BCUT2D eigenvalue weighted by molar-refractivity contribution is -0.347. The van der Waals surface area contributed by atoms with E-state index in [0.29, 0.717) is 12.8 Å². The second kappa shape index (κ2) is 43.2. The molecule has 0 aromatic heterocycles. The van der Waals surface area contributed by atoms with Gasteiger partial charge >= 0.3 is 0 Å². The lowest BCUT2D eigenvalue weighted by Gasteiger charge is -2.47. The molecule has 444 valence electrons. The minimum absolute atomic E-state index is 0.202. The molecule has 2 aliphatic heterocycles. The fraction of sp³-hybridized carbons (Fsp3) is 0.966. The van der Waals surface area contributed by atoms with Gasteiger partial charge in [-0.3, -0.25) is 9.59 Å². The average molecular weight is 1080 g/mol. The van der Waals surface area contributed by atoms with Crippen LogP contribution in [0.2, 0.25) is 0 Å². The first-order valence-electron chi connectivity index (χ1n) is 30.3. The van der Waals surface area contributed by atoms with Crippen LogP contribution in [0, 0.1) is 5.92 Å². The standard InChI is InChI=1S/C58H112N2O15/c1-5-7-8-9-10-11-12-13-14-15-16-17-18-19-22-26-29-32-35-38-46(65)56(71)60-44(50(66)45(64)37-34-31-28-25-23-20-21-24-27-30-33-36-42(3)6-2)41-72-58-54(70)53(69)55(48(40-62)74-58)75-57-49(59-43(4)63)52(68)51(67)47(39-61)73-57/h42,44-55,57-58,61-62,64-70H,5-41H2,1-4H3,(H,59,63)(H,60,71). The number of carbonyl (C=O) groups is 2. The van der Waals surface area contributed by atoms with E-state index in [0.717, 1.165) is 57.8 Å². The first-order chi connectivity index (χ1) is 36.2. The molecule has 2 heterocycles. The maximum atomic E-state index is 13.4. The fourth-order valence-electron chi connectivity index (χ4n) is 10.4. The monoisotopic (exact) mass is 1080 g/mol. The van der Waals surface area contributed by atoms with Crippen LogP contribution in [0.5, 0.6) is 0 Å². The second-order valence-corrected chi connectivity index (χ2v) is 22.4. The molecular weight excluding hydrogens is 965 g/mol. The van der Waals surface area contributed by atoms with E-state index in [9.17, 15) is 55.5 Å². The summed E-state index contributed by atoms with van der Waals surface area (Å²) in [6.07, 6.45) is 20.1. The zero-order valence-corrected chi connectivity index (χ0v) is 47.3. The molecule has 0 bridgehead atoms. The van der Waals surface area contributed by atoms with Gasteiger partial charge in [-0.2, -0.15) is 0 Å². The molecule has 0 aliphatic carbocycles. The van der Waals surface area contributed by atoms with Gasteiger partial charge in [0.25, 0.3) is 0 Å². The van der Waals surface area contributed by atoms with Crippen LogP contribution in [0.3, 0.4) is 0 Å². The summed E-state index contributed by atoms with van der Waals surface area (Å²) in [4.78, 5) is 25.4. The van der Waals surface area contributed by atoms with Gasteiger partial charge in [0.05, 0.1) is 32.0 Å². The Bertz CT molecular complexity index is 1390. The van der Waals surface area contributed by atoms with Crippen molar-refractivity contribution in [1.29, 1.82) is 0 Å². The van der Waals surface area contributed by atoms with Crippen molar-refractivity contribution >= 4 is 11.8 Å². The Kier molecular flexibility index (Phi) is 40.1. The Balaban J connectivity index is 1.90. The van der Waals surface area contributed by atoms with Gasteiger partial charge in [-0.05, 0) is 18.8 Å². The van der Waals surface area contributed by atoms with Gasteiger partial charge in [0.2, 0.25) is 11.8 Å². The first kappa shape index (κ1) is 69.5. The van der Waals surface area contributed by atoms with Crippen molar-refractivity contribution in [2.24, 2.45) is 5.92 Å². The van der Waals surface area contributed by atoms with Crippen molar-refractivity contribution in [1.82, 2.24) is 10.6 Å². The highest BCUT2D eigenvalue weighted by atomic mass is 16.7. The maximum absolute atomic E-state index is 13.4. The van der Waals surface area contributed by atoms with Crippen molar-refractivity contribution in [3.63, 3.8) is 0 Å². The van der Waals surface area contributed by atoms with Gasteiger partial charge in [0.15, 0.2) is 12.6 Å². The van der Waals surface area contributed by atoms with E-state index >= 15 is 0 Å². The summed E-state index contributed by atoms with van der Waals surface area (Å²) in [6.45, 7) is 5.94. The minimum Gasteiger partial charge on any atom is -0.394 e. The van der Waals surface area contributed by atoms with Crippen LogP contribution in [0.1, 0.15) is 246 Å². The van der Waals surface area contributed by atoms with E-state index in [1.54, 1.807) is 0 Å². The van der Waals surface area contributed by atoms with E-state index < -0.39 is 117 Å². The summed E-state index contributed by atoms with van der Waals surface area (Å²) < 4.78 is 23.2. The Hall–Kier alpha value is -1.58. The third-order valence-corrected chi connectivity index (χ3v) is 15.7. The molecule has 0 radical (unpaired) electrons. The van der Waals surface area contributed by atoms with Gasteiger partial charge < -0.3 is 75.5 Å². The molecule has 0 aromatic carbocycles. The molecule has 11 N–H and O–H groups in total. The molecule has 0 aromatic rings. The summed E-state index contributed by atoms with van der Waals surface area (Å²) >= 11 is 0. The number of aliphatic hydroxyl groups excluding tert-OH is 9. The van der Waals surface area contributed by atoms with Gasteiger partial charge in [-0.25, -0.2) is 0 Å². The highest BCUT2D eigenvalue weighted by Gasteiger charge is 2.51. The highest BCUT2D eigenvalue weighted by molar-refractivity contribution is 5.80. The van der Waals surface area contributed by atoms with Gasteiger partial charge in [-0.1, -0.05) is 226 Å². The van der Waals surface area contributed by atoms with E-state index in [1.165, 1.54) is 148 Å². The Morgan fingerprint density at radius 3 is 1.40 bits per heavy atom. The minimum atomic E-state index is -1.86. The van der Waals surface area contributed by atoms with E-state index in [1.807, 2.05) is 0 Å². The number of aliphatic hydroxyl groups is 9. The zero-order valence-electron chi connectivity index (χ0n) is 47.3. The summed E-state index contributed by atoms with van der Waals surface area (Å²) in [6, 6.07) is -2.67. The SMILES string of the molecule is CCCCCCCCCCCCCCCCCCCCCC(O)C(=O)NC(COC1OC(CO)C(OC2OC(CO)C(O)C(O)C2NC(C)=O)C(O)C1O)C(O)C(O)CCCCCCCCCCCCCC(C)CC. The smallest absolute Gasteiger partial charge is 0.249 e. The van der Waals surface area contributed by atoms with Crippen LogP contribution in [-0.2, 0) is 28.5 Å². The van der Waals surface area contributed by atoms with Crippen molar-refractivity contribution in [2.75, 3.05) is 19.8 Å². The lowest BCUT2D eigenvalue weighted by atomic mass is 9.95. The van der Waals surface area contributed by atoms with E-state index in [2.05, 4.69) is 31.4 Å². The van der Waals surface area contributed by atoms with Gasteiger partial charge in [0.1, 0.15) is 61.0 Å². The number of rotatable bonds is 47. The van der Waals surface area contributed by atoms with Gasteiger partial charge in [0, 0.05) is 6.92 Å². The lowest BCUT2D eigenvalue weighted by Crippen LogP contribution is -2.67. The van der Waals surface area contributed by atoms with Crippen molar-refractivity contribution in [2.45, 2.75) is 332 Å². The second-order valence-electron chi connectivity index (χ2n) is 22.4. The molecule has 2 rings (SSSR count).